The smallest absolute Gasteiger partial charge is 0.213 e. The van der Waals surface area contributed by atoms with Gasteiger partial charge >= 0.3 is 0 Å². The van der Waals surface area contributed by atoms with Gasteiger partial charge in [0.15, 0.2) is 13.6 Å². The van der Waals surface area contributed by atoms with E-state index in [9.17, 15) is 9.30 Å². The molecule has 0 spiro atoms. The molecule has 1 heterocycles. The van der Waals surface area contributed by atoms with Gasteiger partial charge < -0.3 is 4.74 Å². The number of hydrogen-bond donors (Lipinski definition) is 0. The van der Waals surface area contributed by atoms with E-state index in [2.05, 4.69) is 4.98 Å². The summed E-state index contributed by atoms with van der Waals surface area (Å²) in [6.45, 7) is 0.785. The standard InChI is InChI=1S/C15H16FN2O2/c1-18(19)9-8-12-4-7-15(17-10-12)20-11-13-2-5-14(16)6-3-13/h2-7,10H,8-9,11H2,1H3/q+1. The second-order valence-electron chi connectivity index (χ2n) is 4.52. The van der Waals surface area contributed by atoms with Gasteiger partial charge in [-0.05, 0) is 28.0 Å². The number of nitrogens with zero attached hydrogens (tertiary/aromatic N) is 2. The van der Waals surface area contributed by atoms with Crippen LogP contribution in [0, 0.1) is 10.7 Å². The molecule has 0 N–H and O–H groups in total. The van der Waals surface area contributed by atoms with Crippen molar-refractivity contribution < 1.29 is 13.9 Å². The lowest BCUT2D eigenvalue weighted by atomic mass is 10.2. The van der Waals surface area contributed by atoms with E-state index < -0.39 is 0 Å². The summed E-state index contributed by atoms with van der Waals surface area (Å²) in [6.07, 6.45) is 2.36. The number of pyridine rings is 1. The van der Waals surface area contributed by atoms with Gasteiger partial charge in [-0.1, -0.05) is 18.2 Å². The first kappa shape index (κ1) is 14.1. The number of nitroso groups, excluding NO2 is 1. The summed E-state index contributed by atoms with van der Waals surface area (Å²) in [5.74, 6) is 0.244. The Kier molecular flexibility index (Phi) is 4.76. The van der Waals surface area contributed by atoms with Crippen LogP contribution in [0.15, 0.2) is 42.6 Å². The number of hydrogen-bond acceptors (Lipinski definition) is 3. The molecule has 0 aliphatic carbocycles. The Morgan fingerprint density at radius 1 is 1.15 bits per heavy atom. The van der Waals surface area contributed by atoms with Crippen molar-refractivity contribution in [2.45, 2.75) is 13.0 Å². The lowest BCUT2D eigenvalue weighted by Crippen LogP contribution is -2.06. The number of aromatic nitrogens is 1. The van der Waals surface area contributed by atoms with Crippen molar-refractivity contribution in [3.63, 3.8) is 0 Å². The first-order chi connectivity index (χ1) is 9.63. The van der Waals surface area contributed by atoms with Crippen LogP contribution in [0.2, 0.25) is 0 Å². The Morgan fingerprint density at radius 2 is 1.85 bits per heavy atom. The topological polar surface area (TPSA) is 42.2 Å². The Balaban J connectivity index is 1.87. The minimum atomic E-state index is -0.264. The molecule has 0 saturated heterocycles. The zero-order chi connectivity index (χ0) is 14.4. The van der Waals surface area contributed by atoms with Gasteiger partial charge in [-0.15, -0.1) is 0 Å². The Bertz CT molecular complexity index is 567. The number of halogens is 1. The van der Waals surface area contributed by atoms with E-state index in [0.29, 0.717) is 25.5 Å². The Hall–Kier alpha value is -2.30. The maximum absolute atomic E-state index is 12.7. The van der Waals surface area contributed by atoms with Crippen molar-refractivity contribution in [2.75, 3.05) is 13.6 Å². The van der Waals surface area contributed by atoms with E-state index in [0.717, 1.165) is 15.9 Å². The van der Waals surface area contributed by atoms with Gasteiger partial charge in [0, 0.05) is 23.6 Å². The van der Waals surface area contributed by atoms with Crippen LogP contribution in [0.3, 0.4) is 0 Å². The zero-order valence-corrected chi connectivity index (χ0v) is 11.3. The van der Waals surface area contributed by atoms with E-state index in [1.807, 2.05) is 6.07 Å². The molecule has 2 aromatic rings. The summed E-state index contributed by atoms with van der Waals surface area (Å²) < 4.78 is 19.1. The summed E-state index contributed by atoms with van der Waals surface area (Å²) in [5.41, 5.74) is 1.87. The Morgan fingerprint density at radius 3 is 2.45 bits per heavy atom. The first-order valence-corrected chi connectivity index (χ1v) is 6.34. The highest BCUT2D eigenvalue weighted by atomic mass is 19.1. The fourth-order valence-corrected chi connectivity index (χ4v) is 1.67. The van der Waals surface area contributed by atoms with Crippen molar-refractivity contribution >= 4 is 0 Å². The molecule has 0 bridgehead atoms. The maximum atomic E-state index is 12.7. The van der Waals surface area contributed by atoms with Crippen LogP contribution in [0.1, 0.15) is 11.1 Å². The van der Waals surface area contributed by atoms with Crippen molar-refractivity contribution in [1.82, 2.24) is 4.98 Å². The van der Waals surface area contributed by atoms with Crippen LogP contribution in [-0.2, 0) is 13.0 Å². The molecule has 0 aliphatic heterocycles. The normalized spacial score (nSPS) is 10.3. The highest BCUT2D eigenvalue weighted by Crippen LogP contribution is 2.11. The van der Waals surface area contributed by atoms with Crippen molar-refractivity contribution in [3.05, 3.63) is 64.4 Å². The minimum Gasteiger partial charge on any atom is -0.473 e. The third-order valence-electron chi connectivity index (χ3n) is 2.81. The summed E-state index contributed by atoms with van der Waals surface area (Å²) in [7, 11) is 1.49. The fourth-order valence-electron chi connectivity index (χ4n) is 1.67. The fraction of sp³-hybridized carbons (Fsp3) is 0.267. The predicted octanol–water partition coefficient (Wildman–Crippen LogP) is 2.75. The molecule has 0 amide bonds. The lowest BCUT2D eigenvalue weighted by Gasteiger charge is -2.05. The van der Waals surface area contributed by atoms with Gasteiger partial charge in [0.1, 0.15) is 12.4 Å². The van der Waals surface area contributed by atoms with E-state index in [4.69, 9.17) is 4.74 Å². The van der Waals surface area contributed by atoms with Gasteiger partial charge in [0.25, 0.3) is 0 Å². The molecule has 0 saturated carbocycles. The molecule has 2 rings (SSSR count). The Labute approximate surface area is 116 Å². The van der Waals surface area contributed by atoms with Crippen molar-refractivity contribution in [2.24, 2.45) is 0 Å². The molecular weight excluding hydrogens is 259 g/mol. The minimum absolute atomic E-state index is 0.264. The molecule has 0 fully saturated rings. The SMILES string of the molecule is C[N+](=O)CCc1ccc(OCc2ccc(F)cc2)nc1. The van der Waals surface area contributed by atoms with E-state index in [1.54, 1.807) is 24.4 Å². The van der Waals surface area contributed by atoms with Crippen LogP contribution in [0.25, 0.3) is 0 Å². The average molecular weight is 275 g/mol. The number of benzene rings is 1. The monoisotopic (exact) mass is 275 g/mol. The predicted molar refractivity (Wildman–Crippen MR) is 73.1 cm³/mol. The summed E-state index contributed by atoms with van der Waals surface area (Å²) in [4.78, 5) is 15.0. The molecular formula is C15H16FN2O2+. The molecule has 20 heavy (non-hydrogen) atoms. The molecule has 4 nitrogen and oxygen atoms in total. The maximum Gasteiger partial charge on any atom is 0.213 e. The molecule has 0 radical (unpaired) electrons. The summed E-state index contributed by atoms with van der Waals surface area (Å²) in [5, 5.41) is 0. The average Bonchev–Trinajstić information content (AvgIpc) is 2.45. The summed E-state index contributed by atoms with van der Waals surface area (Å²) in [6, 6.07) is 9.80. The largest absolute Gasteiger partial charge is 0.473 e. The quantitative estimate of drug-likeness (QED) is 0.761. The van der Waals surface area contributed by atoms with Gasteiger partial charge in [0.05, 0.1) is 0 Å². The van der Waals surface area contributed by atoms with Gasteiger partial charge in [-0.25, -0.2) is 9.37 Å². The van der Waals surface area contributed by atoms with Crippen LogP contribution < -0.4 is 4.74 Å². The van der Waals surface area contributed by atoms with Gasteiger partial charge in [-0.2, -0.15) is 0 Å². The molecule has 0 unspecified atom stereocenters. The highest BCUT2D eigenvalue weighted by Gasteiger charge is 2.03. The highest BCUT2D eigenvalue weighted by molar-refractivity contribution is 5.19. The number of likely N-dealkylation sites (N-methyl/N-ethyl adjacent to an activating group) is 1. The third kappa shape index (κ3) is 4.42. The molecule has 104 valence electrons. The van der Waals surface area contributed by atoms with Crippen LogP contribution in [0.4, 0.5) is 4.39 Å². The molecule has 5 heteroatoms. The second-order valence-corrected chi connectivity index (χ2v) is 4.52. The zero-order valence-electron chi connectivity index (χ0n) is 11.3. The number of rotatable bonds is 6. The lowest BCUT2D eigenvalue weighted by molar-refractivity contribution is -0.518. The van der Waals surface area contributed by atoms with Crippen LogP contribution >= 0.6 is 0 Å². The molecule has 0 aliphatic rings. The van der Waals surface area contributed by atoms with E-state index >= 15 is 0 Å². The molecule has 0 atom stereocenters. The van der Waals surface area contributed by atoms with Gasteiger partial charge in [-0.3, -0.25) is 0 Å². The van der Waals surface area contributed by atoms with Crippen LogP contribution in [-0.4, -0.2) is 23.3 Å². The van der Waals surface area contributed by atoms with E-state index in [-0.39, 0.29) is 5.82 Å². The molecule has 1 aromatic carbocycles. The van der Waals surface area contributed by atoms with E-state index in [1.165, 1.54) is 19.2 Å². The van der Waals surface area contributed by atoms with Gasteiger partial charge in [0.2, 0.25) is 5.88 Å². The van der Waals surface area contributed by atoms with Crippen molar-refractivity contribution in [3.8, 4) is 5.88 Å². The first-order valence-electron chi connectivity index (χ1n) is 6.34. The number of ether oxygens (including phenoxy) is 1. The second kappa shape index (κ2) is 6.75. The third-order valence-corrected chi connectivity index (χ3v) is 2.81. The summed E-state index contributed by atoms with van der Waals surface area (Å²) >= 11 is 0. The molecule has 1 aromatic heterocycles. The van der Waals surface area contributed by atoms with Crippen LogP contribution in [0.5, 0.6) is 5.88 Å². The van der Waals surface area contributed by atoms with Crippen molar-refractivity contribution in [1.29, 1.82) is 0 Å².